The predicted molar refractivity (Wildman–Crippen MR) is 120 cm³/mol. The molecule has 1 unspecified atom stereocenters. The molecule has 4 rings (SSSR count). The summed E-state index contributed by atoms with van der Waals surface area (Å²) in [4.78, 5) is 2.31. The molecule has 3 aromatic rings. The standard InChI is InChI=1S/C24H28ClN3O2/c1-17(29)14-28(15-18-12-13-18)16-20-23(19-8-4-3-5-9-19)26-27(2)24(20)30-22-11-7-6-10-21(22)25/h3-11,17-18,29H,12-16H2,1-2H3. The molecule has 158 valence electrons. The van der Waals surface area contributed by atoms with Gasteiger partial charge in [-0.25, -0.2) is 4.68 Å². The molecule has 1 aliphatic rings. The van der Waals surface area contributed by atoms with E-state index in [2.05, 4.69) is 17.0 Å². The molecule has 0 spiro atoms. The van der Waals surface area contributed by atoms with Crippen LogP contribution in [0, 0.1) is 5.92 Å². The number of nitrogens with zero attached hydrogens (tertiary/aromatic N) is 3. The minimum absolute atomic E-state index is 0.395. The van der Waals surface area contributed by atoms with Gasteiger partial charge in [-0.15, -0.1) is 0 Å². The van der Waals surface area contributed by atoms with Gasteiger partial charge in [0.1, 0.15) is 11.4 Å². The zero-order valence-electron chi connectivity index (χ0n) is 17.5. The number of hydrogen-bond donors (Lipinski definition) is 1. The highest BCUT2D eigenvalue weighted by molar-refractivity contribution is 6.32. The van der Waals surface area contributed by atoms with Gasteiger partial charge < -0.3 is 9.84 Å². The normalized spacial score (nSPS) is 14.8. The monoisotopic (exact) mass is 425 g/mol. The van der Waals surface area contributed by atoms with E-state index in [1.54, 1.807) is 4.68 Å². The van der Waals surface area contributed by atoms with Crippen LogP contribution in [0.15, 0.2) is 54.6 Å². The second kappa shape index (κ2) is 9.21. The Morgan fingerprint density at radius 2 is 1.87 bits per heavy atom. The van der Waals surface area contributed by atoms with Crippen molar-refractivity contribution in [3.63, 3.8) is 0 Å². The van der Waals surface area contributed by atoms with Gasteiger partial charge in [0.2, 0.25) is 5.88 Å². The number of ether oxygens (including phenoxy) is 1. The van der Waals surface area contributed by atoms with Crippen LogP contribution in [0.1, 0.15) is 25.3 Å². The Labute approximate surface area is 182 Å². The van der Waals surface area contributed by atoms with E-state index in [-0.39, 0.29) is 0 Å². The van der Waals surface area contributed by atoms with Gasteiger partial charge in [0.15, 0.2) is 0 Å². The molecular weight excluding hydrogens is 398 g/mol. The van der Waals surface area contributed by atoms with Crippen molar-refractivity contribution in [2.75, 3.05) is 13.1 Å². The van der Waals surface area contributed by atoms with E-state index in [0.717, 1.165) is 23.4 Å². The minimum Gasteiger partial charge on any atom is -0.437 e. The van der Waals surface area contributed by atoms with Crippen molar-refractivity contribution in [1.29, 1.82) is 0 Å². The van der Waals surface area contributed by atoms with E-state index in [4.69, 9.17) is 21.4 Å². The third kappa shape index (κ3) is 5.04. The molecule has 6 heteroatoms. The predicted octanol–water partition coefficient (Wildman–Crippen LogP) is 5.13. The Morgan fingerprint density at radius 3 is 2.53 bits per heavy atom. The lowest BCUT2D eigenvalue weighted by Gasteiger charge is -2.24. The minimum atomic E-state index is -0.395. The van der Waals surface area contributed by atoms with Gasteiger partial charge in [-0.1, -0.05) is 54.1 Å². The highest BCUT2D eigenvalue weighted by atomic mass is 35.5. The molecule has 5 nitrogen and oxygen atoms in total. The maximum atomic E-state index is 10.1. The molecule has 1 saturated carbocycles. The molecule has 2 aromatic carbocycles. The summed E-state index contributed by atoms with van der Waals surface area (Å²) in [6.07, 6.45) is 2.13. The van der Waals surface area contributed by atoms with Crippen LogP contribution in [0.25, 0.3) is 11.3 Å². The van der Waals surface area contributed by atoms with Crippen molar-refractivity contribution < 1.29 is 9.84 Å². The number of aromatic nitrogens is 2. The third-order valence-corrected chi connectivity index (χ3v) is 5.61. The lowest BCUT2D eigenvalue weighted by atomic mass is 10.1. The molecule has 1 heterocycles. The van der Waals surface area contributed by atoms with Crippen molar-refractivity contribution in [3.05, 3.63) is 65.2 Å². The lowest BCUT2D eigenvalue weighted by Crippen LogP contribution is -2.32. The first kappa shape index (κ1) is 20.9. The van der Waals surface area contributed by atoms with Crippen LogP contribution in [0.2, 0.25) is 5.02 Å². The summed E-state index contributed by atoms with van der Waals surface area (Å²) in [7, 11) is 1.89. The molecule has 0 radical (unpaired) electrons. The van der Waals surface area contributed by atoms with E-state index >= 15 is 0 Å². The Bertz CT molecular complexity index is 979. The third-order valence-electron chi connectivity index (χ3n) is 5.30. The number of para-hydroxylation sites is 1. The van der Waals surface area contributed by atoms with Crippen LogP contribution in [0.4, 0.5) is 0 Å². The van der Waals surface area contributed by atoms with Crippen molar-refractivity contribution >= 4 is 11.6 Å². The fourth-order valence-corrected chi connectivity index (χ4v) is 3.92. The average molecular weight is 426 g/mol. The van der Waals surface area contributed by atoms with Gasteiger partial charge in [-0.05, 0) is 37.8 Å². The van der Waals surface area contributed by atoms with Gasteiger partial charge in [-0.2, -0.15) is 5.10 Å². The van der Waals surface area contributed by atoms with E-state index in [9.17, 15) is 5.11 Å². The largest absolute Gasteiger partial charge is 0.437 e. The molecule has 0 amide bonds. The molecular formula is C24H28ClN3O2. The summed E-state index contributed by atoms with van der Waals surface area (Å²) in [5.74, 6) is 1.99. The van der Waals surface area contributed by atoms with Crippen molar-refractivity contribution in [1.82, 2.24) is 14.7 Å². The number of aliphatic hydroxyl groups is 1. The van der Waals surface area contributed by atoms with Gasteiger partial charge in [-0.3, -0.25) is 4.90 Å². The number of aliphatic hydroxyl groups excluding tert-OH is 1. The Kier molecular flexibility index (Phi) is 6.42. The second-order valence-electron chi connectivity index (χ2n) is 8.14. The van der Waals surface area contributed by atoms with E-state index in [1.165, 1.54) is 12.8 Å². The van der Waals surface area contributed by atoms with Crippen LogP contribution in [-0.2, 0) is 13.6 Å². The number of halogens is 1. The van der Waals surface area contributed by atoms with Crippen molar-refractivity contribution in [3.8, 4) is 22.9 Å². The molecule has 1 fully saturated rings. The summed E-state index contributed by atoms with van der Waals surface area (Å²) in [5.41, 5.74) is 2.94. The van der Waals surface area contributed by atoms with Gasteiger partial charge >= 0.3 is 0 Å². The van der Waals surface area contributed by atoms with Crippen molar-refractivity contribution in [2.24, 2.45) is 13.0 Å². The molecule has 30 heavy (non-hydrogen) atoms. The lowest BCUT2D eigenvalue weighted by molar-refractivity contribution is 0.119. The van der Waals surface area contributed by atoms with E-state index < -0.39 is 6.10 Å². The first-order valence-corrected chi connectivity index (χ1v) is 10.8. The molecule has 1 N–H and O–H groups in total. The van der Waals surface area contributed by atoms with E-state index in [0.29, 0.717) is 35.7 Å². The quantitative estimate of drug-likeness (QED) is 0.516. The molecule has 1 aliphatic carbocycles. The number of benzene rings is 2. The molecule has 0 aliphatic heterocycles. The summed E-state index contributed by atoms with van der Waals surface area (Å²) >= 11 is 6.36. The van der Waals surface area contributed by atoms with Crippen LogP contribution < -0.4 is 4.74 Å². The zero-order valence-corrected chi connectivity index (χ0v) is 18.2. The number of rotatable bonds is 9. The van der Waals surface area contributed by atoms with Crippen LogP contribution in [0.3, 0.4) is 0 Å². The second-order valence-corrected chi connectivity index (χ2v) is 8.55. The number of hydrogen-bond acceptors (Lipinski definition) is 4. The van der Waals surface area contributed by atoms with Gasteiger partial charge in [0.25, 0.3) is 0 Å². The first-order chi connectivity index (χ1) is 14.5. The average Bonchev–Trinajstić information content (AvgIpc) is 3.49. The van der Waals surface area contributed by atoms with Crippen LogP contribution in [0.5, 0.6) is 11.6 Å². The highest BCUT2D eigenvalue weighted by Gasteiger charge is 2.28. The maximum Gasteiger partial charge on any atom is 0.222 e. The summed E-state index contributed by atoms with van der Waals surface area (Å²) in [6.45, 7) is 4.08. The SMILES string of the molecule is CC(O)CN(Cc1c(-c2ccccc2)nn(C)c1Oc1ccccc1Cl)CC1CC1. The Hall–Kier alpha value is -2.34. The van der Waals surface area contributed by atoms with Gasteiger partial charge in [0.05, 0.1) is 16.7 Å². The smallest absolute Gasteiger partial charge is 0.222 e. The van der Waals surface area contributed by atoms with Crippen LogP contribution >= 0.6 is 11.6 Å². The molecule has 0 saturated heterocycles. The van der Waals surface area contributed by atoms with E-state index in [1.807, 2.05) is 56.4 Å². The highest BCUT2D eigenvalue weighted by Crippen LogP contribution is 2.37. The Balaban J connectivity index is 1.73. The number of aryl methyl sites for hydroxylation is 1. The zero-order chi connectivity index (χ0) is 21.1. The summed E-state index contributed by atoms with van der Waals surface area (Å²) in [5, 5.41) is 15.4. The molecule has 1 atom stereocenters. The topological polar surface area (TPSA) is 50.5 Å². The fourth-order valence-electron chi connectivity index (χ4n) is 3.75. The molecule has 1 aromatic heterocycles. The molecule has 0 bridgehead atoms. The maximum absolute atomic E-state index is 10.1. The first-order valence-electron chi connectivity index (χ1n) is 10.5. The summed E-state index contributed by atoms with van der Waals surface area (Å²) in [6, 6.07) is 17.6. The van der Waals surface area contributed by atoms with Crippen LogP contribution in [-0.4, -0.2) is 39.0 Å². The fraction of sp³-hybridized carbons (Fsp3) is 0.375. The van der Waals surface area contributed by atoms with Crippen molar-refractivity contribution in [2.45, 2.75) is 32.4 Å². The summed E-state index contributed by atoms with van der Waals surface area (Å²) < 4.78 is 8.06. The van der Waals surface area contributed by atoms with Gasteiger partial charge in [0, 0.05) is 32.2 Å². The Morgan fingerprint density at radius 1 is 1.17 bits per heavy atom.